The Labute approximate surface area is 198 Å². The number of carbonyl (C=O) groups excluding carboxylic acids is 2. The number of unbranched alkanes of at least 4 members (excludes halogenated alkanes) is 1. The number of carboxylic acids is 1. The Balaban J connectivity index is 1.37. The third-order valence-corrected chi connectivity index (χ3v) is 6.57. The summed E-state index contributed by atoms with van der Waals surface area (Å²) >= 11 is 0. The number of fused-ring (bicyclic) bond motifs is 3. The molecule has 8 heteroatoms. The molecule has 2 aliphatic rings. The van der Waals surface area contributed by atoms with Gasteiger partial charge >= 0.3 is 12.1 Å². The molecule has 1 heterocycles. The van der Waals surface area contributed by atoms with Crippen LogP contribution in [0.1, 0.15) is 49.1 Å². The van der Waals surface area contributed by atoms with E-state index in [1.807, 2.05) is 24.3 Å². The van der Waals surface area contributed by atoms with E-state index in [-0.39, 0.29) is 24.9 Å². The highest BCUT2D eigenvalue weighted by molar-refractivity contribution is 5.90. The topological polar surface area (TPSA) is 114 Å². The van der Waals surface area contributed by atoms with Crippen molar-refractivity contribution >= 4 is 18.0 Å². The van der Waals surface area contributed by atoms with Gasteiger partial charge in [0.25, 0.3) is 0 Å². The molecule has 2 aromatic carbocycles. The van der Waals surface area contributed by atoms with Gasteiger partial charge in [-0.3, -0.25) is 9.59 Å². The second-order valence-corrected chi connectivity index (χ2v) is 8.75. The average molecular weight is 467 g/mol. The number of amides is 2. The first-order chi connectivity index (χ1) is 16.5. The van der Waals surface area contributed by atoms with E-state index in [1.165, 1.54) is 0 Å². The fourth-order valence-corrected chi connectivity index (χ4v) is 4.73. The number of nitrogens with one attached hydrogen (secondary N) is 2. The Hall–Kier alpha value is -3.39. The van der Waals surface area contributed by atoms with E-state index in [9.17, 15) is 14.4 Å². The molecule has 2 amide bonds. The second kappa shape index (κ2) is 10.7. The Kier molecular flexibility index (Phi) is 7.47. The van der Waals surface area contributed by atoms with Gasteiger partial charge in [-0.2, -0.15) is 0 Å². The lowest BCUT2D eigenvalue weighted by Crippen LogP contribution is -2.61. The van der Waals surface area contributed by atoms with Gasteiger partial charge < -0.3 is 25.2 Å². The summed E-state index contributed by atoms with van der Waals surface area (Å²) in [6.07, 6.45) is 1.15. The van der Waals surface area contributed by atoms with Crippen LogP contribution in [0.4, 0.5) is 4.79 Å². The van der Waals surface area contributed by atoms with E-state index in [4.69, 9.17) is 14.6 Å². The molecule has 0 spiro atoms. The van der Waals surface area contributed by atoms with Crippen molar-refractivity contribution < 1.29 is 29.0 Å². The molecule has 4 rings (SSSR count). The monoisotopic (exact) mass is 466 g/mol. The van der Waals surface area contributed by atoms with Crippen molar-refractivity contribution in [1.29, 1.82) is 0 Å². The molecule has 8 nitrogen and oxygen atoms in total. The highest BCUT2D eigenvalue weighted by atomic mass is 16.5. The van der Waals surface area contributed by atoms with Crippen LogP contribution < -0.4 is 10.6 Å². The Morgan fingerprint density at radius 3 is 2.21 bits per heavy atom. The van der Waals surface area contributed by atoms with Crippen LogP contribution in [-0.4, -0.2) is 55.0 Å². The SMILES string of the molecule is O=C(O)CCCCNC(=O)C1(NC(=O)OCC2c3ccccc3-c3ccccc32)CCOCC1. The highest BCUT2D eigenvalue weighted by Gasteiger charge is 2.42. The Bertz CT molecular complexity index is 1000. The summed E-state index contributed by atoms with van der Waals surface area (Å²) in [4.78, 5) is 36.5. The summed E-state index contributed by atoms with van der Waals surface area (Å²) in [5.74, 6) is -1.21. The maximum absolute atomic E-state index is 13.0. The Morgan fingerprint density at radius 1 is 0.971 bits per heavy atom. The minimum Gasteiger partial charge on any atom is -0.481 e. The quantitative estimate of drug-likeness (QED) is 0.488. The zero-order valence-corrected chi connectivity index (χ0v) is 19.0. The van der Waals surface area contributed by atoms with Gasteiger partial charge in [-0.1, -0.05) is 48.5 Å². The fraction of sp³-hybridized carbons (Fsp3) is 0.423. The smallest absolute Gasteiger partial charge is 0.408 e. The molecule has 3 N–H and O–H groups in total. The lowest BCUT2D eigenvalue weighted by atomic mass is 9.89. The van der Waals surface area contributed by atoms with Crippen LogP contribution in [-0.2, 0) is 19.1 Å². The number of ether oxygens (including phenoxy) is 2. The summed E-state index contributed by atoms with van der Waals surface area (Å²) in [6, 6.07) is 16.2. The van der Waals surface area contributed by atoms with Gasteiger partial charge in [0, 0.05) is 44.9 Å². The van der Waals surface area contributed by atoms with Crippen molar-refractivity contribution in [3.8, 4) is 11.1 Å². The number of carbonyl (C=O) groups is 3. The van der Waals surface area contributed by atoms with E-state index in [0.29, 0.717) is 45.4 Å². The van der Waals surface area contributed by atoms with Gasteiger partial charge in [0.2, 0.25) is 5.91 Å². The van der Waals surface area contributed by atoms with Crippen molar-refractivity contribution in [3.05, 3.63) is 59.7 Å². The molecule has 34 heavy (non-hydrogen) atoms. The van der Waals surface area contributed by atoms with Crippen LogP contribution in [0.2, 0.25) is 0 Å². The molecule has 2 aromatic rings. The van der Waals surface area contributed by atoms with Gasteiger partial charge in [-0.25, -0.2) is 4.79 Å². The molecule has 180 valence electrons. The number of hydrogen-bond donors (Lipinski definition) is 3. The molecule has 1 aliphatic carbocycles. The number of rotatable bonds is 9. The van der Waals surface area contributed by atoms with E-state index < -0.39 is 17.6 Å². The van der Waals surface area contributed by atoms with Gasteiger partial charge in [-0.05, 0) is 35.1 Å². The van der Waals surface area contributed by atoms with Gasteiger partial charge in [0.05, 0.1) is 0 Å². The molecule has 1 aliphatic heterocycles. The molecule has 1 saturated heterocycles. The minimum absolute atomic E-state index is 0.0624. The van der Waals surface area contributed by atoms with Crippen LogP contribution >= 0.6 is 0 Å². The first-order valence-corrected chi connectivity index (χ1v) is 11.7. The number of carboxylic acid groups (broad SMARTS) is 1. The van der Waals surface area contributed by atoms with Crippen molar-refractivity contribution in [1.82, 2.24) is 10.6 Å². The number of aliphatic carboxylic acids is 1. The van der Waals surface area contributed by atoms with E-state index >= 15 is 0 Å². The third-order valence-electron chi connectivity index (χ3n) is 6.57. The van der Waals surface area contributed by atoms with Crippen LogP contribution in [0.25, 0.3) is 11.1 Å². The summed E-state index contributed by atoms with van der Waals surface area (Å²) in [5, 5.41) is 14.4. The van der Waals surface area contributed by atoms with Crippen LogP contribution in [0, 0.1) is 0 Å². The summed E-state index contributed by atoms with van der Waals surface area (Å²) in [7, 11) is 0. The molecule has 0 bridgehead atoms. The molecule has 0 saturated carbocycles. The predicted molar refractivity (Wildman–Crippen MR) is 125 cm³/mol. The lowest BCUT2D eigenvalue weighted by molar-refractivity contribution is -0.137. The molecule has 0 atom stereocenters. The van der Waals surface area contributed by atoms with E-state index in [0.717, 1.165) is 22.3 Å². The number of hydrogen-bond acceptors (Lipinski definition) is 5. The maximum Gasteiger partial charge on any atom is 0.408 e. The lowest BCUT2D eigenvalue weighted by Gasteiger charge is -2.36. The Morgan fingerprint density at radius 2 is 1.59 bits per heavy atom. The molecule has 0 unspecified atom stereocenters. The van der Waals surface area contributed by atoms with Crippen molar-refractivity contribution in [2.24, 2.45) is 0 Å². The highest BCUT2D eigenvalue weighted by Crippen LogP contribution is 2.44. The van der Waals surface area contributed by atoms with Gasteiger partial charge in [0.15, 0.2) is 0 Å². The average Bonchev–Trinajstić information content (AvgIpc) is 3.16. The van der Waals surface area contributed by atoms with Gasteiger partial charge in [0.1, 0.15) is 12.1 Å². The van der Waals surface area contributed by atoms with Crippen LogP contribution in [0.15, 0.2) is 48.5 Å². The van der Waals surface area contributed by atoms with Crippen molar-refractivity contribution in [2.75, 3.05) is 26.4 Å². The zero-order chi connectivity index (χ0) is 24.0. The summed E-state index contributed by atoms with van der Waals surface area (Å²) in [6.45, 7) is 1.23. The predicted octanol–water partition coefficient (Wildman–Crippen LogP) is 3.45. The normalized spacial score (nSPS) is 16.2. The first kappa shape index (κ1) is 23.8. The summed E-state index contributed by atoms with van der Waals surface area (Å²) in [5.41, 5.74) is 3.44. The molecule has 0 radical (unpaired) electrons. The largest absolute Gasteiger partial charge is 0.481 e. The fourth-order valence-electron chi connectivity index (χ4n) is 4.73. The van der Waals surface area contributed by atoms with Crippen LogP contribution in [0.3, 0.4) is 0 Å². The van der Waals surface area contributed by atoms with E-state index in [1.54, 1.807) is 0 Å². The zero-order valence-electron chi connectivity index (χ0n) is 19.0. The standard InChI is InChI=1S/C26H30N2O6/c29-23(30)11-5-6-14-27-24(31)26(12-15-33-16-13-26)28-25(32)34-17-22-20-9-3-1-7-18(20)19-8-2-4-10-21(19)22/h1-4,7-10,22H,5-6,11-17H2,(H,27,31)(H,28,32)(H,29,30). The van der Waals surface area contributed by atoms with Gasteiger partial charge in [-0.15, -0.1) is 0 Å². The second-order valence-electron chi connectivity index (χ2n) is 8.75. The van der Waals surface area contributed by atoms with Crippen LogP contribution in [0.5, 0.6) is 0 Å². The van der Waals surface area contributed by atoms with Crippen molar-refractivity contribution in [2.45, 2.75) is 43.6 Å². The maximum atomic E-state index is 13.0. The number of benzene rings is 2. The summed E-state index contributed by atoms with van der Waals surface area (Å²) < 4.78 is 11.1. The first-order valence-electron chi connectivity index (χ1n) is 11.7. The minimum atomic E-state index is -1.10. The number of alkyl carbamates (subject to hydrolysis) is 1. The van der Waals surface area contributed by atoms with Crippen molar-refractivity contribution in [3.63, 3.8) is 0 Å². The third kappa shape index (κ3) is 5.22. The molecular formula is C26H30N2O6. The molecular weight excluding hydrogens is 436 g/mol. The molecule has 1 fully saturated rings. The molecule has 0 aromatic heterocycles. The van der Waals surface area contributed by atoms with E-state index in [2.05, 4.69) is 34.9 Å².